The van der Waals surface area contributed by atoms with Gasteiger partial charge in [-0.3, -0.25) is 4.79 Å². The molecule has 1 unspecified atom stereocenters. The molecular formula is C19H30O3. The maximum Gasteiger partial charge on any atom is 0.136 e. The zero-order valence-electron chi connectivity index (χ0n) is 13.9. The van der Waals surface area contributed by atoms with Gasteiger partial charge in [0.2, 0.25) is 0 Å². The minimum Gasteiger partial charge on any atom is -0.393 e. The molecule has 4 rings (SSSR count). The Labute approximate surface area is 133 Å². The molecule has 22 heavy (non-hydrogen) atoms. The summed E-state index contributed by atoms with van der Waals surface area (Å²) in [6, 6.07) is 0. The van der Waals surface area contributed by atoms with E-state index in [1.54, 1.807) is 0 Å². The highest BCUT2D eigenvalue weighted by atomic mass is 16.3. The molecule has 0 radical (unpaired) electrons. The SMILES string of the molecule is C[C@]12CC[C@H]3[C@@H](CC(=O)C4C[C@@H](O)CC[C@@]43C)[C@@H]1CC[C@@H]2O. The minimum atomic E-state index is -0.277. The maximum atomic E-state index is 12.8. The number of aliphatic hydroxyl groups is 2. The third-order valence-corrected chi connectivity index (χ3v) is 8.38. The van der Waals surface area contributed by atoms with Gasteiger partial charge in [-0.15, -0.1) is 0 Å². The molecule has 4 fully saturated rings. The molecule has 0 spiro atoms. The van der Waals surface area contributed by atoms with Crippen LogP contribution in [0.5, 0.6) is 0 Å². The monoisotopic (exact) mass is 306 g/mol. The molecule has 2 N–H and O–H groups in total. The third kappa shape index (κ3) is 1.84. The molecule has 4 saturated carbocycles. The van der Waals surface area contributed by atoms with Crippen LogP contribution in [0.4, 0.5) is 0 Å². The lowest BCUT2D eigenvalue weighted by Gasteiger charge is -2.59. The van der Waals surface area contributed by atoms with Gasteiger partial charge in [-0.2, -0.15) is 0 Å². The molecule has 0 aliphatic heterocycles. The molecule has 0 amide bonds. The molecule has 0 saturated heterocycles. The van der Waals surface area contributed by atoms with Gasteiger partial charge in [-0.1, -0.05) is 13.8 Å². The molecule has 0 heterocycles. The summed E-state index contributed by atoms with van der Waals surface area (Å²) in [6.07, 6.45) is 7.06. The number of carbonyl (C=O) groups is 1. The van der Waals surface area contributed by atoms with Crippen molar-refractivity contribution in [3.05, 3.63) is 0 Å². The highest BCUT2D eigenvalue weighted by Crippen LogP contribution is 2.65. The van der Waals surface area contributed by atoms with E-state index in [0.29, 0.717) is 36.4 Å². The second kappa shape index (κ2) is 4.80. The fraction of sp³-hybridized carbons (Fsp3) is 0.947. The van der Waals surface area contributed by atoms with E-state index in [2.05, 4.69) is 13.8 Å². The molecule has 3 nitrogen and oxygen atoms in total. The summed E-state index contributed by atoms with van der Waals surface area (Å²) < 4.78 is 0. The van der Waals surface area contributed by atoms with Crippen LogP contribution >= 0.6 is 0 Å². The first kappa shape index (κ1) is 15.1. The average Bonchev–Trinajstić information content (AvgIpc) is 2.77. The van der Waals surface area contributed by atoms with Gasteiger partial charge >= 0.3 is 0 Å². The van der Waals surface area contributed by atoms with Gasteiger partial charge < -0.3 is 10.2 Å². The molecule has 4 aliphatic rings. The Balaban J connectivity index is 1.68. The number of rotatable bonds is 0. The predicted octanol–water partition coefficient (Wildman–Crippen LogP) is 2.93. The lowest BCUT2D eigenvalue weighted by Crippen LogP contribution is -2.57. The summed E-state index contributed by atoms with van der Waals surface area (Å²) in [4.78, 5) is 12.8. The second-order valence-electron chi connectivity index (χ2n) is 9.17. The molecular weight excluding hydrogens is 276 g/mol. The van der Waals surface area contributed by atoms with Gasteiger partial charge in [0.05, 0.1) is 12.2 Å². The van der Waals surface area contributed by atoms with E-state index in [9.17, 15) is 15.0 Å². The van der Waals surface area contributed by atoms with Gasteiger partial charge in [-0.05, 0) is 73.5 Å². The standard InChI is InChI=1S/C19H30O3/c1-18-7-5-11(20)9-15(18)16(21)10-12-13-3-4-17(22)19(13,2)8-6-14(12)18/h11-15,17,20,22H,3-10H2,1-2H3/t11-,12-,13-,14-,15?,17-,18+,19-/m0/s1. The van der Waals surface area contributed by atoms with Crippen molar-refractivity contribution in [1.29, 1.82) is 0 Å². The number of fused-ring (bicyclic) bond motifs is 5. The number of aliphatic hydroxyl groups excluding tert-OH is 2. The molecule has 0 bridgehead atoms. The van der Waals surface area contributed by atoms with Crippen LogP contribution in [0.25, 0.3) is 0 Å². The molecule has 0 aromatic carbocycles. The van der Waals surface area contributed by atoms with Crippen molar-refractivity contribution in [1.82, 2.24) is 0 Å². The largest absolute Gasteiger partial charge is 0.393 e. The fourth-order valence-electron chi connectivity index (χ4n) is 6.99. The first-order chi connectivity index (χ1) is 10.4. The van der Waals surface area contributed by atoms with E-state index >= 15 is 0 Å². The molecule has 0 aromatic rings. The van der Waals surface area contributed by atoms with Crippen LogP contribution in [-0.4, -0.2) is 28.2 Å². The van der Waals surface area contributed by atoms with Gasteiger partial charge in [-0.25, -0.2) is 0 Å². The van der Waals surface area contributed by atoms with Crippen LogP contribution in [-0.2, 0) is 4.79 Å². The average molecular weight is 306 g/mol. The highest BCUT2D eigenvalue weighted by molar-refractivity contribution is 5.83. The summed E-state index contributed by atoms with van der Waals surface area (Å²) in [5, 5.41) is 20.5. The van der Waals surface area contributed by atoms with Crippen LogP contribution in [0.1, 0.15) is 65.2 Å². The fourth-order valence-corrected chi connectivity index (χ4v) is 6.99. The number of hydrogen-bond acceptors (Lipinski definition) is 3. The van der Waals surface area contributed by atoms with Crippen molar-refractivity contribution in [3.8, 4) is 0 Å². The predicted molar refractivity (Wildman–Crippen MR) is 84.1 cm³/mol. The van der Waals surface area contributed by atoms with Crippen LogP contribution in [0.2, 0.25) is 0 Å². The summed E-state index contributed by atoms with van der Waals surface area (Å²) >= 11 is 0. The molecule has 8 atom stereocenters. The normalized spacial score (nSPS) is 57.9. The molecule has 3 heteroatoms. The van der Waals surface area contributed by atoms with Crippen molar-refractivity contribution in [2.45, 2.75) is 77.4 Å². The Morgan fingerprint density at radius 3 is 2.41 bits per heavy atom. The van der Waals surface area contributed by atoms with Crippen molar-refractivity contribution < 1.29 is 15.0 Å². The number of hydrogen-bond donors (Lipinski definition) is 2. The van der Waals surface area contributed by atoms with Gasteiger partial charge in [0, 0.05) is 12.3 Å². The molecule has 124 valence electrons. The lowest BCUT2D eigenvalue weighted by atomic mass is 9.45. The van der Waals surface area contributed by atoms with E-state index in [4.69, 9.17) is 0 Å². The molecule has 4 aliphatic carbocycles. The van der Waals surface area contributed by atoms with Crippen LogP contribution < -0.4 is 0 Å². The quantitative estimate of drug-likeness (QED) is 0.723. The lowest BCUT2D eigenvalue weighted by molar-refractivity contribution is -0.161. The first-order valence-electron chi connectivity index (χ1n) is 9.25. The summed E-state index contributed by atoms with van der Waals surface area (Å²) in [6.45, 7) is 4.58. The third-order valence-electron chi connectivity index (χ3n) is 8.38. The smallest absolute Gasteiger partial charge is 0.136 e. The van der Waals surface area contributed by atoms with Gasteiger partial charge in [0.25, 0.3) is 0 Å². The van der Waals surface area contributed by atoms with E-state index in [0.717, 1.165) is 38.5 Å². The van der Waals surface area contributed by atoms with E-state index < -0.39 is 0 Å². The van der Waals surface area contributed by atoms with E-state index in [1.165, 1.54) is 0 Å². The van der Waals surface area contributed by atoms with Gasteiger partial charge in [0.1, 0.15) is 5.78 Å². The zero-order valence-corrected chi connectivity index (χ0v) is 13.9. The van der Waals surface area contributed by atoms with Crippen molar-refractivity contribution in [2.75, 3.05) is 0 Å². The van der Waals surface area contributed by atoms with Gasteiger partial charge in [0.15, 0.2) is 0 Å². The van der Waals surface area contributed by atoms with E-state index in [-0.39, 0.29) is 29.0 Å². The first-order valence-corrected chi connectivity index (χ1v) is 9.25. The van der Waals surface area contributed by atoms with E-state index in [1.807, 2.05) is 0 Å². The van der Waals surface area contributed by atoms with Crippen molar-refractivity contribution in [3.63, 3.8) is 0 Å². The Kier molecular flexibility index (Phi) is 3.30. The maximum absolute atomic E-state index is 12.8. The van der Waals surface area contributed by atoms with Crippen molar-refractivity contribution >= 4 is 5.78 Å². The van der Waals surface area contributed by atoms with Crippen LogP contribution in [0.15, 0.2) is 0 Å². The number of carbonyl (C=O) groups excluding carboxylic acids is 1. The number of Topliss-reactive ketones (excluding diaryl/α,β-unsaturated/α-hetero) is 1. The summed E-state index contributed by atoms with van der Waals surface area (Å²) in [7, 11) is 0. The van der Waals surface area contributed by atoms with Crippen molar-refractivity contribution in [2.24, 2.45) is 34.5 Å². The summed E-state index contributed by atoms with van der Waals surface area (Å²) in [5.74, 6) is 2.09. The number of ketones is 1. The van der Waals surface area contributed by atoms with Crippen LogP contribution in [0, 0.1) is 34.5 Å². The van der Waals surface area contributed by atoms with Crippen LogP contribution in [0.3, 0.4) is 0 Å². The zero-order chi connectivity index (χ0) is 15.7. The topological polar surface area (TPSA) is 57.5 Å². The Hall–Kier alpha value is -0.410. The second-order valence-corrected chi connectivity index (χ2v) is 9.17. The molecule has 0 aromatic heterocycles. The minimum absolute atomic E-state index is 0.0405. The Morgan fingerprint density at radius 2 is 1.64 bits per heavy atom. The highest BCUT2D eigenvalue weighted by Gasteiger charge is 2.61. The summed E-state index contributed by atoms with van der Waals surface area (Å²) in [5.41, 5.74) is 0.132. The Bertz CT molecular complexity index is 489. The Morgan fingerprint density at radius 1 is 0.955 bits per heavy atom.